The molecule has 5 nitrogen and oxygen atoms in total. The second-order valence-corrected chi connectivity index (χ2v) is 12.8. The maximum atomic E-state index is 14.6. The predicted molar refractivity (Wildman–Crippen MR) is 106 cm³/mol. The largest absolute Gasteiger partial charge is 0.248 e. The van der Waals surface area contributed by atoms with Crippen molar-refractivity contribution in [3.05, 3.63) is 35.6 Å². The first kappa shape index (κ1) is 22.7. The highest BCUT2D eigenvalue weighted by Crippen LogP contribution is 2.32. The molecular formula is C18H28FN3O2S2. The van der Waals surface area contributed by atoms with Gasteiger partial charge in [0.05, 0.1) is 42.8 Å². The van der Waals surface area contributed by atoms with Crippen LogP contribution in [-0.2, 0) is 26.3 Å². The first-order chi connectivity index (χ1) is 11.7. The zero-order valence-electron chi connectivity index (χ0n) is 16.4. The smallest absolute Gasteiger partial charge is 0.135 e. The molecule has 1 unspecified atom stereocenters. The quantitative estimate of drug-likeness (QED) is 0.792. The van der Waals surface area contributed by atoms with Crippen LogP contribution in [-0.4, -0.2) is 30.7 Å². The number of benzene rings is 1. The molecule has 0 saturated heterocycles. The van der Waals surface area contributed by atoms with E-state index in [1.54, 1.807) is 59.7 Å². The molecule has 1 aromatic carbocycles. The zero-order chi connectivity index (χ0) is 20.4. The maximum absolute atomic E-state index is 14.6. The molecule has 0 radical (unpaired) electrons. The number of nitriles is 1. The Kier molecular flexibility index (Phi) is 6.78. The molecule has 0 heterocycles. The summed E-state index contributed by atoms with van der Waals surface area (Å²) in [5.74, 6) is -0.652. The van der Waals surface area contributed by atoms with Crippen LogP contribution < -0.4 is 4.72 Å². The fourth-order valence-electron chi connectivity index (χ4n) is 2.36. The highest BCUT2D eigenvalue weighted by atomic mass is 32.2. The van der Waals surface area contributed by atoms with Gasteiger partial charge in [0, 0.05) is 12.6 Å². The number of halogens is 1. The average molecular weight is 402 g/mol. The molecule has 0 aliphatic carbocycles. The number of nitrogens with zero attached hydrogens (tertiary/aromatic N) is 2. The number of hydrogen-bond donors (Lipinski definition) is 1. The van der Waals surface area contributed by atoms with Gasteiger partial charge in [-0.05, 0) is 47.6 Å². The monoisotopic (exact) mass is 401 g/mol. The van der Waals surface area contributed by atoms with Crippen LogP contribution in [0, 0.1) is 17.1 Å². The van der Waals surface area contributed by atoms with E-state index in [9.17, 15) is 18.1 Å². The van der Waals surface area contributed by atoms with Crippen LogP contribution >= 0.6 is 0 Å². The summed E-state index contributed by atoms with van der Waals surface area (Å²) in [4.78, 5) is 0. The van der Waals surface area contributed by atoms with E-state index in [1.807, 2.05) is 6.07 Å². The molecule has 1 rings (SSSR count). The van der Waals surface area contributed by atoms with E-state index >= 15 is 0 Å². The zero-order valence-corrected chi connectivity index (χ0v) is 18.1. The molecule has 26 heavy (non-hydrogen) atoms. The van der Waals surface area contributed by atoms with Crippen molar-refractivity contribution < 1.29 is 12.8 Å². The van der Waals surface area contributed by atoms with E-state index in [1.165, 1.54) is 13.1 Å². The summed E-state index contributed by atoms with van der Waals surface area (Å²) in [5.41, 5.74) is -1.00. The van der Waals surface area contributed by atoms with Gasteiger partial charge in [0.15, 0.2) is 0 Å². The van der Waals surface area contributed by atoms with Gasteiger partial charge in [-0.25, -0.2) is 21.9 Å². The maximum Gasteiger partial charge on any atom is 0.135 e. The van der Waals surface area contributed by atoms with Gasteiger partial charge >= 0.3 is 0 Å². The summed E-state index contributed by atoms with van der Waals surface area (Å²) in [6, 6.07) is 8.13. The van der Waals surface area contributed by atoms with Crippen molar-refractivity contribution >= 4 is 20.7 Å². The molecule has 8 heteroatoms. The molecule has 3 atom stereocenters. The molecule has 0 bridgehead atoms. The number of hydrogen-bond acceptors (Lipinski definition) is 4. The van der Waals surface area contributed by atoms with E-state index < -0.39 is 41.6 Å². The summed E-state index contributed by atoms with van der Waals surface area (Å²) in [6.45, 7) is 10.1. The third kappa shape index (κ3) is 4.70. The second-order valence-electron chi connectivity index (χ2n) is 7.88. The lowest BCUT2D eigenvalue weighted by molar-refractivity contribution is 0.456. The fourth-order valence-corrected chi connectivity index (χ4v) is 5.45. The Bertz CT molecular complexity index is 847. The molecule has 1 N–H and O–H groups in total. The van der Waals surface area contributed by atoms with E-state index in [0.29, 0.717) is 0 Å². The van der Waals surface area contributed by atoms with E-state index in [4.69, 9.17) is 0 Å². The fraction of sp³-hybridized carbons (Fsp3) is 0.611. The molecule has 0 aliphatic heterocycles. The van der Waals surface area contributed by atoms with Crippen LogP contribution in [0.15, 0.2) is 28.6 Å². The number of rotatable bonds is 6. The summed E-state index contributed by atoms with van der Waals surface area (Å²) in [5, 5.41) is 9.45. The van der Waals surface area contributed by atoms with Crippen LogP contribution in [0.4, 0.5) is 4.39 Å². The van der Waals surface area contributed by atoms with Crippen molar-refractivity contribution in [2.75, 3.05) is 12.8 Å². The highest BCUT2D eigenvalue weighted by Gasteiger charge is 2.42. The number of nitrogens with one attached hydrogen (secondary N) is 1. The van der Waals surface area contributed by atoms with Crippen LogP contribution in [0.1, 0.15) is 47.1 Å². The minimum Gasteiger partial charge on any atom is -0.248 e. The van der Waals surface area contributed by atoms with E-state index in [-0.39, 0.29) is 11.3 Å². The van der Waals surface area contributed by atoms with Crippen LogP contribution in [0.5, 0.6) is 0 Å². The Morgan fingerprint density at radius 2 is 1.77 bits per heavy atom. The summed E-state index contributed by atoms with van der Waals surface area (Å²) in [6.07, 6.45) is 0. The van der Waals surface area contributed by atoms with Crippen molar-refractivity contribution in [3.63, 3.8) is 0 Å². The minimum absolute atomic E-state index is 0.153. The van der Waals surface area contributed by atoms with E-state index in [0.717, 1.165) is 0 Å². The van der Waals surface area contributed by atoms with Gasteiger partial charge in [-0.2, -0.15) is 5.26 Å². The Balaban J connectivity index is 3.58. The first-order valence-corrected chi connectivity index (χ1v) is 11.0. The average Bonchev–Trinajstić information content (AvgIpc) is 2.53. The Morgan fingerprint density at radius 3 is 2.19 bits per heavy atom. The Morgan fingerprint density at radius 1 is 1.23 bits per heavy atom. The molecule has 0 saturated carbocycles. The molecule has 0 aliphatic rings. The normalized spacial score (nSPS) is 18.3. The van der Waals surface area contributed by atoms with Crippen molar-refractivity contribution in [2.45, 2.75) is 56.6 Å². The van der Waals surface area contributed by atoms with Gasteiger partial charge < -0.3 is 0 Å². The van der Waals surface area contributed by atoms with Crippen molar-refractivity contribution in [1.82, 2.24) is 4.72 Å². The van der Waals surface area contributed by atoms with Gasteiger partial charge in [-0.3, -0.25) is 0 Å². The lowest BCUT2D eigenvalue weighted by Crippen LogP contribution is -2.52. The van der Waals surface area contributed by atoms with Crippen LogP contribution in [0.3, 0.4) is 0 Å². The van der Waals surface area contributed by atoms with Gasteiger partial charge in [-0.1, -0.05) is 18.2 Å². The SMILES string of the molecule is CN=[S@](=O)(C[C@](C)(NS(=O)C(C)(C)C)c1ccccc1F)C(C)(C)C#N. The first-order valence-electron chi connectivity index (χ1n) is 8.21. The molecule has 0 amide bonds. The standard InChI is InChI=1S/C18H28FN3O2S2/c1-16(2,3)25(23)22-18(6,14-10-8-9-11-15(14)19)13-26(24,21-7)17(4,5)12-20/h8-11,22H,13H2,1-7H3/t18-,25?,26-/m0/s1. The summed E-state index contributed by atoms with van der Waals surface area (Å²) in [7, 11) is -3.22. The molecule has 1 aromatic rings. The lowest BCUT2D eigenvalue weighted by atomic mass is 9.95. The highest BCUT2D eigenvalue weighted by molar-refractivity contribution is 7.95. The molecule has 0 aromatic heterocycles. The van der Waals surface area contributed by atoms with Crippen LogP contribution in [0.25, 0.3) is 0 Å². The summed E-state index contributed by atoms with van der Waals surface area (Å²) >= 11 is 0. The Labute approximate surface area is 159 Å². The van der Waals surface area contributed by atoms with Gasteiger partial charge in [-0.15, -0.1) is 0 Å². The third-order valence-corrected chi connectivity index (χ3v) is 9.18. The Hall–Kier alpha value is -1.30. The summed E-state index contributed by atoms with van der Waals surface area (Å²) < 4.78 is 45.9. The van der Waals surface area contributed by atoms with Gasteiger partial charge in [0.1, 0.15) is 10.6 Å². The van der Waals surface area contributed by atoms with Gasteiger partial charge in [0.2, 0.25) is 0 Å². The molecular weight excluding hydrogens is 373 g/mol. The third-order valence-electron chi connectivity index (χ3n) is 4.19. The molecule has 146 valence electrons. The van der Waals surface area contributed by atoms with Crippen molar-refractivity contribution in [2.24, 2.45) is 4.36 Å². The molecule has 0 fully saturated rings. The minimum atomic E-state index is -3.07. The van der Waals surface area contributed by atoms with Gasteiger partial charge in [0.25, 0.3) is 0 Å². The van der Waals surface area contributed by atoms with Crippen molar-refractivity contribution in [3.8, 4) is 6.07 Å². The topological polar surface area (TPSA) is 82.3 Å². The molecule has 0 spiro atoms. The predicted octanol–water partition coefficient (Wildman–Crippen LogP) is 3.49. The van der Waals surface area contributed by atoms with Crippen LogP contribution in [0.2, 0.25) is 0 Å². The van der Waals surface area contributed by atoms with Crippen molar-refractivity contribution in [1.29, 1.82) is 5.26 Å². The second kappa shape index (κ2) is 7.75. The van der Waals surface area contributed by atoms with E-state index in [2.05, 4.69) is 9.08 Å². The lowest BCUT2D eigenvalue weighted by Gasteiger charge is -2.36.